The Kier molecular flexibility index (Phi) is 9.77. The summed E-state index contributed by atoms with van der Waals surface area (Å²) in [5.41, 5.74) is -1.71. The van der Waals surface area contributed by atoms with Gasteiger partial charge in [0.25, 0.3) is 0 Å². The van der Waals surface area contributed by atoms with Gasteiger partial charge in [-0.2, -0.15) is 4.90 Å². The number of aliphatic carboxylic acids is 1. The molecule has 0 spiro atoms. The van der Waals surface area contributed by atoms with Crippen LogP contribution in [0.25, 0.3) is 0 Å². The summed E-state index contributed by atoms with van der Waals surface area (Å²) in [6, 6.07) is -1.32. The summed E-state index contributed by atoms with van der Waals surface area (Å²) in [5.74, 6) is -1.28. The van der Waals surface area contributed by atoms with Crippen molar-refractivity contribution in [2.45, 2.75) is 78.6 Å². The number of nitrogens with zero attached hydrogens (tertiary/aromatic N) is 1. The molecular formula is C15H27INO6-. The zero-order valence-corrected chi connectivity index (χ0v) is 17.0. The maximum Gasteiger partial charge on any atom is 0.420 e. The SMILES string of the molecule is CCC[C@@H](C(=O)O)N(C(=O)OC(C)(C)C)C(=O)OC(C)(C)C.[I-]. The standard InChI is InChI=1S/C15H27NO6.HI/c1-8-9-10(11(17)18)16(12(19)21-14(2,3)4)13(20)22-15(5,6)7;/h10H,8-9H2,1-7H3,(H,17,18);1H/p-1/t10-;/m0./s1. The second-order valence-electron chi connectivity index (χ2n) is 6.97. The van der Waals surface area contributed by atoms with Gasteiger partial charge in [-0.15, -0.1) is 0 Å². The Morgan fingerprint density at radius 2 is 1.30 bits per heavy atom. The first kappa shape index (κ1) is 24.2. The van der Waals surface area contributed by atoms with Crippen molar-refractivity contribution in [3.63, 3.8) is 0 Å². The van der Waals surface area contributed by atoms with E-state index in [0.29, 0.717) is 11.3 Å². The van der Waals surface area contributed by atoms with Crippen LogP contribution in [0.4, 0.5) is 9.59 Å². The van der Waals surface area contributed by atoms with Crippen LogP contribution < -0.4 is 24.0 Å². The van der Waals surface area contributed by atoms with Gasteiger partial charge in [-0.05, 0) is 48.0 Å². The molecule has 0 bridgehead atoms. The van der Waals surface area contributed by atoms with Gasteiger partial charge < -0.3 is 38.6 Å². The number of ether oxygens (including phenoxy) is 2. The van der Waals surface area contributed by atoms with E-state index in [1.807, 2.05) is 0 Å². The number of halogens is 1. The maximum atomic E-state index is 12.2. The van der Waals surface area contributed by atoms with E-state index < -0.39 is 35.4 Å². The van der Waals surface area contributed by atoms with E-state index in [-0.39, 0.29) is 30.4 Å². The van der Waals surface area contributed by atoms with Gasteiger partial charge in [0.2, 0.25) is 0 Å². The Morgan fingerprint density at radius 1 is 0.957 bits per heavy atom. The number of carbonyl (C=O) groups excluding carboxylic acids is 2. The number of amides is 2. The number of carboxylic acid groups (broad SMARTS) is 1. The number of hydrogen-bond acceptors (Lipinski definition) is 5. The van der Waals surface area contributed by atoms with Gasteiger partial charge in [0.15, 0.2) is 0 Å². The monoisotopic (exact) mass is 444 g/mol. The summed E-state index contributed by atoms with van der Waals surface area (Å²) in [5, 5.41) is 9.31. The van der Waals surface area contributed by atoms with E-state index in [0.717, 1.165) is 0 Å². The maximum absolute atomic E-state index is 12.2. The average Bonchev–Trinajstić information content (AvgIpc) is 2.22. The normalized spacial score (nSPS) is 12.7. The van der Waals surface area contributed by atoms with Crippen LogP contribution >= 0.6 is 0 Å². The van der Waals surface area contributed by atoms with Crippen molar-refractivity contribution < 1.29 is 52.9 Å². The summed E-state index contributed by atoms with van der Waals surface area (Å²) in [6.45, 7) is 11.6. The highest BCUT2D eigenvalue weighted by Gasteiger charge is 2.39. The topological polar surface area (TPSA) is 93.1 Å². The van der Waals surface area contributed by atoms with Crippen LogP contribution in [0.5, 0.6) is 0 Å². The Labute approximate surface area is 154 Å². The number of rotatable bonds is 4. The van der Waals surface area contributed by atoms with Crippen LogP contribution in [0.1, 0.15) is 61.3 Å². The highest BCUT2D eigenvalue weighted by atomic mass is 127. The Hall–Kier alpha value is -1.06. The van der Waals surface area contributed by atoms with Gasteiger partial charge in [-0.1, -0.05) is 13.3 Å². The molecular weight excluding hydrogens is 417 g/mol. The molecule has 0 aromatic carbocycles. The van der Waals surface area contributed by atoms with Gasteiger partial charge in [0.1, 0.15) is 17.2 Å². The van der Waals surface area contributed by atoms with E-state index in [4.69, 9.17) is 9.47 Å². The smallest absolute Gasteiger partial charge is 0.420 e. The molecule has 0 aliphatic rings. The van der Waals surface area contributed by atoms with E-state index in [1.54, 1.807) is 48.5 Å². The molecule has 0 aromatic rings. The van der Waals surface area contributed by atoms with Crippen molar-refractivity contribution in [1.82, 2.24) is 4.90 Å². The van der Waals surface area contributed by atoms with Crippen LogP contribution in [0.15, 0.2) is 0 Å². The fourth-order valence-corrected chi connectivity index (χ4v) is 1.59. The Morgan fingerprint density at radius 3 is 1.52 bits per heavy atom. The highest BCUT2D eigenvalue weighted by molar-refractivity contribution is 5.93. The fraction of sp³-hybridized carbons (Fsp3) is 0.800. The summed E-state index contributed by atoms with van der Waals surface area (Å²) in [4.78, 5) is 36.5. The lowest BCUT2D eigenvalue weighted by Gasteiger charge is -2.31. The molecule has 1 N–H and O–H groups in total. The summed E-state index contributed by atoms with van der Waals surface area (Å²) in [7, 11) is 0. The third kappa shape index (κ3) is 9.62. The van der Waals surface area contributed by atoms with Crippen molar-refractivity contribution in [2.75, 3.05) is 0 Å². The minimum atomic E-state index is -1.32. The lowest BCUT2D eigenvalue weighted by molar-refractivity contribution is -0.143. The number of carbonyl (C=O) groups is 3. The van der Waals surface area contributed by atoms with E-state index in [2.05, 4.69) is 0 Å². The van der Waals surface area contributed by atoms with Gasteiger partial charge in [-0.25, -0.2) is 14.4 Å². The number of carboxylic acids is 1. The molecule has 0 aliphatic heterocycles. The van der Waals surface area contributed by atoms with E-state index in [1.165, 1.54) is 0 Å². The molecule has 0 saturated heterocycles. The van der Waals surface area contributed by atoms with Crippen molar-refractivity contribution in [3.8, 4) is 0 Å². The zero-order chi connectivity index (χ0) is 17.7. The molecule has 0 radical (unpaired) electrons. The fourth-order valence-electron chi connectivity index (χ4n) is 1.59. The molecule has 0 heterocycles. The first-order valence-electron chi connectivity index (χ1n) is 7.26. The predicted molar refractivity (Wildman–Crippen MR) is 80.6 cm³/mol. The number of imide groups is 1. The second-order valence-corrected chi connectivity index (χ2v) is 6.97. The zero-order valence-electron chi connectivity index (χ0n) is 14.8. The van der Waals surface area contributed by atoms with Gasteiger partial charge >= 0.3 is 18.2 Å². The molecule has 7 nitrogen and oxygen atoms in total. The van der Waals surface area contributed by atoms with Gasteiger partial charge in [0.05, 0.1) is 0 Å². The largest absolute Gasteiger partial charge is 1.00 e. The van der Waals surface area contributed by atoms with Gasteiger partial charge in [0, 0.05) is 0 Å². The van der Waals surface area contributed by atoms with Crippen LogP contribution in [-0.2, 0) is 14.3 Å². The third-order valence-corrected chi connectivity index (χ3v) is 2.34. The minimum absolute atomic E-state index is 0. The Bertz CT molecular complexity index is 397. The molecule has 0 rings (SSSR count). The molecule has 23 heavy (non-hydrogen) atoms. The minimum Gasteiger partial charge on any atom is -1.00 e. The van der Waals surface area contributed by atoms with Crippen molar-refractivity contribution >= 4 is 18.2 Å². The molecule has 0 unspecified atom stereocenters. The van der Waals surface area contributed by atoms with E-state index in [9.17, 15) is 19.5 Å². The summed E-state index contributed by atoms with van der Waals surface area (Å²) >= 11 is 0. The van der Waals surface area contributed by atoms with Crippen LogP contribution in [0, 0.1) is 0 Å². The van der Waals surface area contributed by atoms with Crippen molar-refractivity contribution in [2.24, 2.45) is 0 Å². The molecule has 1 atom stereocenters. The highest BCUT2D eigenvalue weighted by Crippen LogP contribution is 2.19. The molecule has 0 aromatic heterocycles. The molecule has 136 valence electrons. The van der Waals surface area contributed by atoms with Crippen molar-refractivity contribution in [1.29, 1.82) is 0 Å². The van der Waals surface area contributed by atoms with Crippen molar-refractivity contribution in [3.05, 3.63) is 0 Å². The number of hydrogen-bond donors (Lipinski definition) is 1. The lowest BCUT2D eigenvalue weighted by atomic mass is 10.1. The second kappa shape index (κ2) is 9.29. The molecule has 0 saturated carbocycles. The average molecular weight is 444 g/mol. The quantitative estimate of drug-likeness (QED) is 0.632. The first-order valence-corrected chi connectivity index (χ1v) is 7.26. The Balaban J connectivity index is 0. The molecule has 2 amide bonds. The van der Waals surface area contributed by atoms with Crippen LogP contribution in [0.3, 0.4) is 0 Å². The predicted octanol–water partition coefficient (Wildman–Crippen LogP) is 0.416. The molecule has 0 fully saturated rings. The molecule has 0 aliphatic carbocycles. The van der Waals surface area contributed by atoms with E-state index >= 15 is 0 Å². The van der Waals surface area contributed by atoms with Gasteiger partial charge in [-0.3, -0.25) is 0 Å². The van der Waals surface area contributed by atoms with Crippen LogP contribution in [0.2, 0.25) is 0 Å². The third-order valence-electron chi connectivity index (χ3n) is 2.34. The molecule has 8 heteroatoms. The lowest BCUT2D eigenvalue weighted by Crippen LogP contribution is -3.00. The first-order chi connectivity index (χ1) is 9.78. The van der Waals surface area contributed by atoms with Crippen LogP contribution in [-0.4, -0.2) is 45.4 Å². The summed E-state index contributed by atoms with van der Waals surface area (Å²) < 4.78 is 10.3. The summed E-state index contributed by atoms with van der Waals surface area (Å²) in [6.07, 6.45) is -1.45.